The van der Waals surface area contributed by atoms with Gasteiger partial charge in [-0.2, -0.15) is 5.10 Å². The summed E-state index contributed by atoms with van der Waals surface area (Å²) in [6.07, 6.45) is 3.52. The van der Waals surface area contributed by atoms with Crippen molar-refractivity contribution in [3.05, 3.63) is 66.1 Å². The molecular formula is C21H23N3O4. The number of hydrogen-bond donors (Lipinski definition) is 1. The number of nitrogens with zero attached hydrogens (tertiary/aromatic N) is 3. The second-order valence-corrected chi connectivity index (χ2v) is 6.88. The lowest BCUT2D eigenvalue weighted by Gasteiger charge is -2.19. The summed E-state index contributed by atoms with van der Waals surface area (Å²) in [5.41, 5.74) is 2.20. The van der Waals surface area contributed by atoms with Crippen molar-refractivity contribution in [2.75, 3.05) is 7.11 Å². The molecule has 7 heteroatoms. The van der Waals surface area contributed by atoms with E-state index < -0.39 is 11.6 Å². The van der Waals surface area contributed by atoms with Crippen LogP contribution in [-0.4, -0.2) is 38.6 Å². The first kappa shape index (κ1) is 19.6. The molecule has 0 amide bonds. The van der Waals surface area contributed by atoms with Crippen molar-refractivity contribution in [2.45, 2.75) is 32.6 Å². The molecule has 0 spiro atoms. The fraction of sp³-hybridized carbons (Fsp3) is 0.286. The van der Waals surface area contributed by atoms with Gasteiger partial charge in [0.2, 0.25) is 0 Å². The van der Waals surface area contributed by atoms with E-state index in [4.69, 9.17) is 9.47 Å². The molecule has 0 bridgehead atoms. The van der Waals surface area contributed by atoms with Crippen LogP contribution >= 0.6 is 0 Å². The number of rotatable bonds is 8. The zero-order chi connectivity index (χ0) is 20.1. The summed E-state index contributed by atoms with van der Waals surface area (Å²) < 4.78 is 12.8. The van der Waals surface area contributed by atoms with Gasteiger partial charge < -0.3 is 14.6 Å². The Morgan fingerprint density at radius 3 is 2.71 bits per heavy atom. The average Bonchev–Trinajstić information content (AvgIpc) is 3.10. The lowest BCUT2D eigenvalue weighted by Crippen LogP contribution is -2.34. The lowest BCUT2D eigenvalue weighted by atomic mass is 10.1. The average molecular weight is 381 g/mol. The predicted octanol–water partition coefficient (Wildman–Crippen LogP) is 3.38. The van der Waals surface area contributed by atoms with Crippen molar-refractivity contribution in [3.63, 3.8) is 0 Å². The molecule has 2 aromatic heterocycles. The number of carbonyl (C=O) groups is 1. The van der Waals surface area contributed by atoms with Crippen LogP contribution in [0.15, 0.2) is 54.9 Å². The van der Waals surface area contributed by atoms with E-state index in [9.17, 15) is 9.90 Å². The van der Waals surface area contributed by atoms with E-state index in [1.807, 2.05) is 47.1 Å². The lowest BCUT2D eigenvalue weighted by molar-refractivity contribution is -0.162. The van der Waals surface area contributed by atoms with Gasteiger partial charge in [-0.25, -0.2) is 4.79 Å². The van der Waals surface area contributed by atoms with Crippen LogP contribution in [0, 0.1) is 0 Å². The second kappa shape index (κ2) is 8.22. The number of carboxylic acids is 1. The Balaban J connectivity index is 1.93. The van der Waals surface area contributed by atoms with Crippen LogP contribution in [0.5, 0.6) is 5.75 Å². The smallest absolute Gasteiger partial charge is 0.335 e. The highest BCUT2D eigenvalue weighted by Crippen LogP contribution is 2.26. The third kappa shape index (κ3) is 4.55. The van der Waals surface area contributed by atoms with Gasteiger partial charge in [0, 0.05) is 18.0 Å². The predicted molar refractivity (Wildman–Crippen MR) is 104 cm³/mol. The molecule has 3 rings (SSSR count). The van der Waals surface area contributed by atoms with Crippen molar-refractivity contribution in [1.82, 2.24) is 14.8 Å². The third-order valence-corrected chi connectivity index (χ3v) is 4.35. The number of benzene rings is 1. The Morgan fingerprint density at radius 2 is 2.04 bits per heavy atom. The van der Waals surface area contributed by atoms with Gasteiger partial charge in [0.05, 0.1) is 31.6 Å². The minimum absolute atomic E-state index is 0.0936. The van der Waals surface area contributed by atoms with E-state index >= 15 is 0 Å². The maximum absolute atomic E-state index is 11.3. The molecule has 28 heavy (non-hydrogen) atoms. The van der Waals surface area contributed by atoms with Crippen molar-refractivity contribution < 1.29 is 19.4 Å². The van der Waals surface area contributed by atoms with E-state index in [0.717, 1.165) is 22.6 Å². The molecule has 7 nitrogen and oxygen atoms in total. The summed E-state index contributed by atoms with van der Waals surface area (Å²) >= 11 is 0. The molecule has 1 aromatic carbocycles. The number of methoxy groups -OCH3 is 1. The monoisotopic (exact) mass is 381 g/mol. The van der Waals surface area contributed by atoms with Crippen LogP contribution in [-0.2, 0) is 22.7 Å². The summed E-state index contributed by atoms with van der Waals surface area (Å²) in [7, 11) is 1.62. The summed E-state index contributed by atoms with van der Waals surface area (Å²) in [5.74, 6) is -0.272. The fourth-order valence-electron chi connectivity index (χ4n) is 2.66. The van der Waals surface area contributed by atoms with E-state index in [1.165, 1.54) is 13.8 Å². The number of ether oxygens (including phenoxy) is 2. The topological polar surface area (TPSA) is 86.5 Å². The van der Waals surface area contributed by atoms with Crippen LogP contribution in [0.4, 0.5) is 0 Å². The maximum Gasteiger partial charge on any atom is 0.335 e. The van der Waals surface area contributed by atoms with Gasteiger partial charge >= 0.3 is 5.97 Å². The molecule has 0 saturated heterocycles. The summed E-state index contributed by atoms with van der Waals surface area (Å²) in [6.45, 7) is 3.66. The summed E-state index contributed by atoms with van der Waals surface area (Å²) in [4.78, 5) is 15.4. The number of carboxylic acid groups (broad SMARTS) is 1. The molecule has 146 valence electrons. The van der Waals surface area contributed by atoms with Crippen LogP contribution in [0.25, 0.3) is 11.3 Å². The van der Waals surface area contributed by atoms with E-state index in [1.54, 1.807) is 19.5 Å². The van der Waals surface area contributed by atoms with Gasteiger partial charge in [-0.1, -0.05) is 18.2 Å². The third-order valence-electron chi connectivity index (χ3n) is 4.35. The van der Waals surface area contributed by atoms with E-state index in [-0.39, 0.29) is 6.61 Å². The molecule has 0 aliphatic carbocycles. The molecule has 0 radical (unpaired) electrons. The highest BCUT2D eigenvalue weighted by molar-refractivity contribution is 5.76. The maximum atomic E-state index is 11.3. The zero-order valence-electron chi connectivity index (χ0n) is 16.1. The highest BCUT2D eigenvalue weighted by atomic mass is 16.5. The number of aromatic nitrogens is 3. The molecule has 0 aliphatic heterocycles. The van der Waals surface area contributed by atoms with Gasteiger partial charge in [0.1, 0.15) is 5.75 Å². The quantitative estimate of drug-likeness (QED) is 0.644. The number of hydrogen-bond acceptors (Lipinski definition) is 5. The Hall–Kier alpha value is -3.19. The van der Waals surface area contributed by atoms with Crippen LogP contribution < -0.4 is 4.74 Å². The normalized spacial score (nSPS) is 11.4. The first-order valence-corrected chi connectivity index (χ1v) is 8.86. The Labute approximate surface area is 163 Å². The van der Waals surface area contributed by atoms with Gasteiger partial charge in [0.15, 0.2) is 5.60 Å². The molecule has 0 atom stereocenters. The van der Waals surface area contributed by atoms with E-state index in [2.05, 4.69) is 10.1 Å². The molecule has 0 unspecified atom stereocenters. The Kier molecular flexibility index (Phi) is 5.75. The minimum Gasteiger partial charge on any atom is -0.497 e. The summed E-state index contributed by atoms with van der Waals surface area (Å²) in [5, 5.41) is 13.9. The minimum atomic E-state index is -1.29. The number of aliphatic carboxylic acids is 1. The molecule has 2 heterocycles. The molecule has 1 N–H and O–H groups in total. The van der Waals surface area contributed by atoms with Crippen molar-refractivity contribution in [1.29, 1.82) is 0 Å². The highest BCUT2D eigenvalue weighted by Gasteiger charge is 2.28. The van der Waals surface area contributed by atoms with Gasteiger partial charge in [-0.15, -0.1) is 0 Å². The largest absolute Gasteiger partial charge is 0.497 e. The standard InChI is InChI=1S/C21H23N3O4/c1-21(2,20(25)26)28-14-17-11-19(16-7-4-8-18(10-16)27-3)24(23-17)13-15-6-5-9-22-12-15/h4-12H,13-14H2,1-3H3,(H,25,26). The van der Waals surface area contributed by atoms with Crippen LogP contribution in [0.3, 0.4) is 0 Å². The van der Waals surface area contributed by atoms with Crippen molar-refractivity contribution in [2.24, 2.45) is 0 Å². The molecule has 0 fully saturated rings. The molecule has 0 saturated carbocycles. The number of pyridine rings is 1. The fourth-order valence-corrected chi connectivity index (χ4v) is 2.66. The first-order chi connectivity index (χ1) is 13.4. The Bertz CT molecular complexity index is 951. The second-order valence-electron chi connectivity index (χ2n) is 6.88. The van der Waals surface area contributed by atoms with E-state index in [0.29, 0.717) is 12.2 Å². The van der Waals surface area contributed by atoms with Crippen molar-refractivity contribution >= 4 is 5.97 Å². The first-order valence-electron chi connectivity index (χ1n) is 8.86. The van der Waals surface area contributed by atoms with Crippen molar-refractivity contribution in [3.8, 4) is 17.0 Å². The van der Waals surface area contributed by atoms with Gasteiger partial charge in [0.25, 0.3) is 0 Å². The molecule has 0 aliphatic rings. The molecule has 3 aromatic rings. The SMILES string of the molecule is COc1cccc(-c2cc(COC(C)(C)C(=O)O)nn2Cc2cccnc2)c1. The van der Waals surface area contributed by atoms with Gasteiger partial charge in [-0.3, -0.25) is 9.67 Å². The van der Waals surface area contributed by atoms with Crippen LogP contribution in [0.2, 0.25) is 0 Å². The van der Waals surface area contributed by atoms with Crippen LogP contribution in [0.1, 0.15) is 25.1 Å². The molecular weight excluding hydrogens is 358 g/mol. The summed E-state index contributed by atoms with van der Waals surface area (Å²) in [6, 6.07) is 13.5. The zero-order valence-corrected chi connectivity index (χ0v) is 16.1. The van der Waals surface area contributed by atoms with Gasteiger partial charge in [-0.05, 0) is 43.7 Å². The Morgan fingerprint density at radius 1 is 1.21 bits per heavy atom.